The molecule has 0 aromatic rings. The zero-order valence-electron chi connectivity index (χ0n) is 5.88. The summed E-state index contributed by atoms with van der Waals surface area (Å²) >= 11 is 0. The van der Waals surface area contributed by atoms with E-state index < -0.39 is 0 Å². The molecule has 10 heavy (non-hydrogen) atoms. The summed E-state index contributed by atoms with van der Waals surface area (Å²) in [5, 5.41) is 7.95. The summed E-state index contributed by atoms with van der Waals surface area (Å²) < 4.78 is 0. The van der Waals surface area contributed by atoms with Gasteiger partial charge in [0.05, 0.1) is 5.71 Å². The van der Waals surface area contributed by atoms with Crippen LogP contribution in [0.15, 0.2) is 21.9 Å². The average molecular weight is 134 g/mol. The molecular formula is C8H10N2. The molecule has 0 saturated heterocycles. The number of hydrogen-bond acceptors (Lipinski definition) is 2. The topological polar surface area (TPSA) is 24.7 Å². The van der Waals surface area contributed by atoms with Crippen LogP contribution in [0.25, 0.3) is 0 Å². The molecule has 1 aliphatic carbocycles. The van der Waals surface area contributed by atoms with Crippen molar-refractivity contribution < 1.29 is 0 Å². The fourth-order valence-corrected chi connectivity index (χ4v) is 1.39. The molecule has 0 saturated carbocycles. The molecule has 0 aromatic heterocycles. The van der Waals surface area contributed by atoms with Gasteiger partial charge >= 0.3 is 0 Å². The van der Waals surface area contributed by atoms with Gasteiger partial charge in [0.1, 0.15) is 0 Å². The lowest BCUT2D eigenvalue weighted by molar-refractivity contribution is 0.853. The molecule has 0 atom stereocenters. The molecule has 1 heterocycles. The summed E-state index contributed by atoms with van der Waals surface area (Å²) in [6.07, 6.45) is 8.76. The van der Waals surface area contributed by atoms with Crippen LogP contribution < -0.4 is 0 Å². The summed E-state index contributed by atoms with van der Waals surface area (Å²) in [6, 6.07) is 0. The van der Waals surface area contributed by atoms with Crippen molar-refractivity contribution in [2.45, 2.75) is 25.7 Å². The maximum Gasteiger partial charge on any atom is 0.0662 e. The molecule has 2 nitrogen and oxygen atoms in total. The van der Waals surface area contributed by atoms with Gasteiger partial charge < -0.3 is 0 Å². The van der Waals surface area contributed by atoms with Gasteiger partial charge in [-0.05, 0) is 24.8 Å². The Bertz CT molecular complexity index is 223. The minimum atomic E-state index is 0.999. The van der Waals surface area contributed by atoms with Crippen molar-refractivity contribution >= 4 is 11.9 Å². The van der Waals surface area contributed by atoms with Gasteiger partial charge in [0.25, 0.3) is 0 Å². The fourth-order valence-electron chi connectivity index (χ4n) is 1.39. The van der Waals surface area contributed by atoms with Gasteiger partial charge in [-0.1, -0.05) is 6.08 Å². The highest BCUT2D eigenvalue weighted by Crippen LogP contribution is 2.19. The SMILES string of the molecule is C1=NN=C2CCCC=C2C1. The van der Waals surface area contributed by atoms with Crippen molar-refractivity contribution in [1.82, 2.24) is 0 Å². The third kappa shape index (κ3) is 0.897. The minimum absolute atomic E-state index is 0.999. The van der Waals surface area contributed by atoms with Crippen molar-refractivity contribution in [3.8, 4) is 0 Å². The van der Waals surface area contributed by atoms with Gasteiger partial charge in [-0.25, -0.2) is 0 Å². The van der Waals surface area contributed by atoms with E-state index in [-0.39, 0.29) is 0 Å². The Hall–Kier alpha value is -0.920. The van der Waals surface area contributed by atoms with Gasteiger partial charge in [0.2, 0.25) is 0 Å². The Morgan fingerprint density at radius 1 is 1.40 bits per heavy atom. The van der Waals surface area contributed by atoms with Crippen LogP contribution in [0.1, 0.15) is 25.7 Å². The maximum atomic E-state index is 4.07. The van der Waals surface area contributed by atoms with Crippen molar-refractivity contribution in [1.29, 1.82) is 0 Å². The van der Waals surface area contributed by atoms with E-state index >= 15 is 0 Å². The number of allylic oxidation sites excluding steroid dienone is 2. The molecule has 2 rings (SSSR count). The van der Waals surface area contributed by atoms with E-state index in [4.69, 9.17) is 0 Å². The van der Waals surface area contributed by atoms with Crippen LogP contribution in [0, 0.1) is 0 Å². The number of fused-ring (bicyclic) bond motifs is 1. The molecule has 0 fully saturated rings. The smallest absolute Gasteiger partial charge is 0.0662 e. The molecule has 0 amide bonds. The molecule has 1 aliphatic heterocycles. The highest BCUT2D eigenvalue weighted by molar-refractivity contribution is 6.04. The van der Waals surface area contributed by atoms with E-state index in [1.165, 1.54) is 24.1 Å². The van der Waals surface area contributed by atoms with Crippen molar-refractivity contribution in [2.24, 2.45) is 10.2 Å². The molecule has 0 bridgehead atoms. The van der Waals surface area contributed by atoms with E-state index in [0.29, 0.717) is 0 Å². The van der Waals surface area contributed by atoms with Crippen LogP contribution in [0.4, 0.5) is 0 Å². The van der Waals surface area contributed by atoms with Crippen molar-refractivity contribution in [3.05, 3.63) is 11.6 Å². The van der Waals surface area contributed by atoms with Gasteiger partial charge in [-0.15, -0.1) is 0 Å². The summed E-state index contributed by atoms with van der Waals surface area (Å²) in [4.78, 5) is 0. The van der Waals surface area contributed by atoms with Crippen LogP contribution in [0.3, 0.4) is 0 Å². The van der Waals surface area contributed by atoms with E-state index in [9.17, 15) is 0 Å². The largest absolute Gasteiger partial charge is 0.163 e. The number of rotatable bonds is 0. The van der Waals surface area contributed by atoms with Gasteiger partial charge in [0, 0.05) is 12.6 Å². The van der Waals surface area contributed by atoms with Crippen LogP contribution >= 0.6 is 0 Å². The molecule has 52 valence electrons. The van der Waals surface area contributed by atoms with Gasteiger partial charge in [-0.2, -0.15) is 10.2 Å². The van der Waals surface area contributed by atoms with Crippen LogP contribution in [-0.4, -0.2) is 11.9 Å². The predicted octanol–water partition coefficient (Wildman–Crippen LogP) is 1.93. The number of nitrogens with zero attached hydrogens (tertiary/aromatic N) is 2. The lowest BCUT2D eigenvalue weighted by Gasteiger charge is -2.14. The molecule has 0 radical (unpaired) electrons. The summed E-state index contributed by atoms with van der Waals surface area (Å²) in [7, 11) is 0. The summed E-state index contributed by atoms with van der Waals surface area (Å²) in [5.41, 5.74) is 2.62. The molecule has 0 unspecified atom stereocenters. The first kappa shape index (κ1) is 5.83. The highest BCUT2D eigenvalue weighted by atomic mass is 15.2. The predicted molar refractivity (Wildman–Crippen MR) is 42.5 cm³/mol. The summed E-state index contributed by atoms with van der Waals surface area (Å²) in [6.45, 7) is 0. The van der Waals surface area contributed by atoms with E-state index in [1.54, 1.807) is 0 Å². The van der Waals surface area contributed by atoms with Gasteiger partial charge in [-0.3, -0.25) is 0 Å². The lowest BCUT2D eigenvalue weighted by Crippen LogP contribution is -2.10. The molecule has 0 spiro atoms. The normalized spacial score (nSPS) is 23.2. The Morgan fingerprint density at radius 3 is 3.30 bits per heavy atom. The van der Waals surface area contributed by atoms with Crippen molar-refractivity contribution in [2.75, 3.05) is 0 Å². The molecule has 0 N–H and O–H groups in total. The van der Waals surface area contributed by atoms with Crippen LogP contribution in [0.2, 0.25) is 0 Å². The third-order valence-electron chi connectivity index (χ3n) is 1.95. The zero-order valence-corrected chi connectivity index (χ0v) is 5.88. The molecule has 2 heteroatoms. The fraction of sp³-hybridized carbons (Fsp3) is 0.500. The summed E-state index contributed by atoms with van der Waals surface area (Å²) in [5.74, 6) is 0. The van der Waals surface area contributed by atoms with Crippen molar-refractivity contribution in [3.63, 3.8) is 0 Å². The first-order valence-electron chi connectivity index (χ1n) is 3.74. The number of hydrogen-bond donors (Lipinski definition) is 0. The zero-order chi connectivity index (χ0) is 6.81. The maximum absolute atomic E-state index is 4.07. The monoisotopic (exact) mass is 134 g/mol. The van der Waals surface area contributed by atoms with Crippen LogP contribution in [-0.2, 0) is 0 Å². The van der Waals surface area contributed by atoms with E-state index in [1.807, 2.05) is 6.21 Å². The average Bonchev–Trinajstić information content (AvgIpc) is 2.05. The lowest BCUT2D eigenvalue weighted by atomic mass is 9.95. The van der Waals surface area contributed by atoms with E-state index in [0.717, 1.165) is 12.8 Å². The molecular weight excluding hydrogens is 124 g/mol. The quantitative estimate of drug-likeness (QED) is 0.483. The highest BCUT2D eigenvalue weighted by Gasteiger charge is 2.12. The van der Waals surface area contributed by atoms with E-state index in [2.05, 4.69) is 16.3 Å². The molecule has 2 aliphatic rings. The third-order valence-corrected chi connectivity index (χ3v) is 1.95. The Balaban J connectivity index is 2.32. The first-order chi connectivity index (χ1) is 4.97. The second kappa shape index (κ2) is 2.37. The molecule has 0 aromatic carbocycles. The standard InChI is InChI=1S/C8H10N2/c1-2-4-8-7(3-1)5-6-9-10-8/h3,6H,1-2,4-5H2. The Morgan fingerprint density at radius 2 is 2.40 bits per heavy atom. The second-order valence-electron chi connectivity index (χ2n) is 2.67. The Kier molecular flexibility index (Phi) is 1.38. The second-order valence-corrected chi connectivity index (χ2v) is 2.67. The van der Waals surface area contributed by atoms with Crippen LogP contribution in [0.5, 0.6) is 0 Å². The minimum Gasteiger partial charge on any atom is -0.163 e. The Labute approximate surface area is 60.4 Å². The van der Waals surface area contributed by atoms with Gasteiger partial charge in [0.15, 0.2) is 0 Å². The first-order valence-corrected chi connectivity index (χ1v) is 3.74.